The number of carbonyl (C=O) groups is 4. The van der Waals surface area contributed by atoms with E-state index in [9.17, 15) is 80.6 Å². The molecule has 4 nitrogen and oxygen atoms in total. The van der Waals surface area contributed by atoms with Crippen molar-refractivity contribution in [1.29, 1.82) is 0 Å². The van der Waals surface area contributed by atoms with Crippen molar-refractivity contribution < 1.29 is 80.6 Å². The van der Waals surface area contributed by atoms with Gasteiger partial charge in [0, 0.05) is 0 Å². The number of halogens is 14. The van der Waals surface area contributed by atoms with Gasteiger partial charge in [-0.15, -0.1) is 0 Å². The Balaban J connectivity index is 5.34. The van der Waals surface area contributed by atoms with E-state index in [0.717, 1.165) is 27.7 Å². The van der Waals surface area contributed by atoms with Crippen molar-refractivity contribution in [3.8, 4) is 0 Å². The van der Waals surface area contributed by atoms with Crippen LogP contribution in [0.1, 0.15) is 40.5 Å². The number of rotatable bonds is 14. The minimum atomic E-state index is -6.81. The van der Waals surface area contributed by atoms with Crippen molar-refractivity contribution in [2.75, 3.05) is 0 Å². The monoisotopic (exact) mass is 798 g/mol. The Morgan fingerprint density at radius 3 is 0.897 bits per heavy atom. The summed E-state index contributed by atoms with van der Waals surface area (Å²) in [6, 6.07) is 0. The number of hydrogen-bond acceptors (Lipinski definition) is 4. The molecule has 0 bridgehead atoms. The SMILES string of the molecule is CC(C)([CH2][Pb][CH2]C(C)(C)C(=O)CC(=O)C(F)(F)C(F)(F)C(F)(F)F)C(=O)CC(=O)C(F)(F)C(F)(F)C(F)(F)F. The molecule has 0 aliphatic heterocycles. The number of alkyl halides is 14. The second-order valence-electron chi connectivity index (χ2n) is 9.71. The van der Waals surface area contributed by atoms with E-state index in [-0.39, 0.29) is 7.96 Å². The fourth-order valence-electron chi connectivity index (χ4n) is 2.58. The molecular formula is C20H20F14O4Pb. The van der Waals surface area contributed by atoms with Crippen LogP contribution in [0.4, 0.5) is 61.5 Å². The van der Waals surface area contributed by atoms with Crippen LogP contribution in [0.3, 0.4) is 0 Å². The first kappa shape index (κ1) is 37.6. The zero-order chi connectivity index (χ0) is 31.8. The molecule has 0 aromatic carbocycles. The Morgan fingerprint density at radius 2 is 0.692 bits per heavy atom. The normalized spacial score (nSPS) is 14.8. The van der Waals surface area contributed by atoms with Gasteiger partial charge in [0.25, 0.3) is 0 Å². The van der Waals surface area contributed by atoms with Gasteiger partial charge >= 0.3 is 223 Å². The average molecular weight is 798 g/mol. The zero-order valence-electron chi connectivity index (χ0n) is 20.3. The molecular weight excluding hydrogens is 777 g/mol. The average Bonchev–Trinajstić information content (AvgIpc) is 2.70. The Hall–Kier alpha value is -1.38. The Kier molecular flexibility index (Phi) is 11.1. The molecule has 0 saturated carbocycles. The van der Waals surface area contributed by atoms with Gasteiger partial charge < -0.3 is 0 Å². The fourth-order valence-corrected chi connectivity index (χ4v) is 9.46. The molecule has 0 unspecified atom stereocenters. The summed E-state index contributed by atoms with van der Waals surface area (Å²) in [6.07, 6.45) is -17.7. The van der Waals surface area contributed by atoms with Crippen LogP contribution in [0.2, 0.25) is 7.96 Å². The summed E-state index contributed by atoms with van der Waals surface area (Å²) >= 11 is -2.40. The van der Waals surface area contributed by atoms with E-state index in [1.165, 1.54) is 0 Å². The van der Waals surface area contributed by atoms with Crippen molar-refractivity contribution in [2.45, 2.75) is 84.5 Å². The fraction of sp³-hybridized carbons (Fsp3) is 0.800. The summed E-state index contributed by atoms with van der Waals surface area (Å²) in [6.45, 7) is 4.03. The molecule has 2 radical (unpaired) electrons. The number of ketones is 4. The van der Waals surface area contributed by atoms with Gasteiger partial charge in [-0.2, -0.15) is 0 Å². The third-order valence-electron chi connectivity index (χ3n) is 5.49. The molecule has 0 aromatic rings. The van der Waals surface area contributed by atoms with E-state index in [2.05, 4.69) is 0 Å². The van der Waals surface area contributed by atoms with Crippen molar-refractivity contribution in [3.63, 3.8) is 0 Å². The number of hydrogen-bond donors (Lipinski definition) is 0. The van der Waals surface area contributed by atoms with Crippen LogP contribution in [0.5, 0.6) is 0 Å². The first-order chi connectivity index (χ1) is 16.8. The van der Waals surface area contributed by atoms with Gasteiger partial charge in [0.15, 0.2) is 0 Å². The van der Waals surface area contributed by atoms with E-state index >= 15 is 0 Å². The topological polar surface area (TPSA) is 68.3 Å². The van der Waals surface area contributed by atoms with E-state index < -0.39 is 107 Å². The molecule has 0 saturated heterocycles. The van der Waals surface area contributed by atoms with Gasteiger partial charge in [0.1, 0.15) is 0 Å². The van der Waals surface area contributed by atoms with Crippen molar-refractivity contribution in [1.82, 2.24) is 0 Å². The van der Waals surface area contributed by atoms with Gasteiger partial charge in [-0.1, -0.05) is 0 Å². The number of carbonyl (C=O) groups excluding carboxylic acids is 4. The Bertz CT molecular complexity index is 888. The molecule has 226 valence electrons. The van der Waals surface area contributed by atoms with E-state index in [1.807, 2.05) is 0 Å². The maximum atomic E-state index is 13.5. The molecule has 0 aliphatic rings. The predicted octanol–water partition coefficient (Wildman–Crippen LogP) is 6.30. The quantitative estimate of drug-likeness (QED) is 0.118. The predicted molar refractivity (Wildman–Crippen MR) is 104 cm³/mol. The summed E-state index contributed by atoms with van der Waals surface area (Å²) in [5.74, 6) is -35.1. The molecule has 0 aliphatic carbocycles. The van der Waals surface area contributed by atoms with E-state index in [1.54, 1.807) is 0 Å². The first-order valence-corrected chi connectivity index (χ1v) is 15.8. The van der Waals surface area contributed by atoms with Crippen LogP contribution < -0.4 is 0 Å². The van der Waals surface area contributed by atoms with Crippen molar-refractivity contribution >= 4 is 47.4 Å². The minimum absolute atomic E-state index is 0.284. The molecule has 0 aromatic heterocycles. The van der Waals surface area contributed by atoms with Gasteiger partial charge in [0.2, 0.25) is 0 Å². The van der Waals surface area contributed by atoms with Gasteiger partial charge in [-0.3, -0.25) is 0 Å². The standard InChI is InChI=1S/2C10H10F7O2.Pb/c2*1-7(2,3)5(18)4-6(19)8(11,12)9(13,14)10(15,16)17;/h2*1,4H2,2-3H3;. The summed E-state index contributed by atoms with van der Waals surface area (Å²) in [5, 5.41) is 0. The Labute approximate surface area is 223 Å². The molecule has 0 amide bonds. The van der Waals surface area contributed by atoms with E-state index in [0.29, 0.717) is 0 Å². The molecule has 0 atom stereocenters. The second kappa shape index (κ2) is 11.5. The summed E-state index contributed by atoms with van der Waals surface area (Å²) < 4.78 is 179. The van der Waals surface area contributed by atoms with Crippen molar-refractivity contribution in [3.05, 3.63) is 0 Å². The Morgan fingerprint density at radius 1 is 0.462 bits per heavy atom. The van der Waals surface area contributed by atoms with Crippen LogP contribution in [0.15, 0.2) is 0 Å². The van der Waals surface area contributed by atoms with Crippen LogP contribution in [0, 0.1) is 10.8 Å². The molecule has 0 rings (SSSR count). The molecule has 39 heavy (non-hydrogen) atoms. The van der Waals surface area contributed by atoms with Crippen molar-refractivity contribution in [2.24, 2.45) is 10.8 Å². The van der Waals surface area contributed by atoms with E-state index in [4.69, 9.17) is 0 Å². The van der Waals surface area contributed by atoms with Gasteiger partial charge in [-0.25, -0.2) is 0 Å². The van der Waals surface area contributed by atoms with Crippen LogP contribution in [-0.2, 0) is 19.2 Å². The molecule has 0 spiro atoms. The summed E-state index contributed by atoms with van der Waals surface area (Å²) in [4.78, 5) is 47.3. The molecule has 19 heteroatoms. The van der Waals surface area contributed by atoms with Gasteiger partial charge in [0.05, 0.1) is 0 Å². The summed E-state index contributed by atoms with van der Waals surface area (Å²) in [5.41, 5.74) is -3.56. The maximum absolute atomic E-state index is 13.5. The molecule has 0 fully saturated rings. The molecule has 0 N–H and O–H groups in total. The third-order valence-corrected chi connectivity index (χ3v) is 14.3. The van der Waals surface area contributed by atoms with Crippen LogP contribution in [-0.4, -0.2) is 83.4 Å². The molecule has 0 heterocycles. The van der Waals surface area contributed by atoms with Crippen LogP contribution in [0.25, 0.3) is 0 Å². The first-order valence-electron chi connectivity index (χ1n) is 10.3. The van der Waals surface area contributed by atoms with Crippen LogP contribution >= 0.6 is 0 Å². The second-order valence-corrected chi connectivity index (χ2v) is 14.4. The third kappa shape index (κ3) is 7.88. The summed E-state index contributed by atoms with van der Waals surface area (Å²) in [7, 11) is 0. The van der Waals surface area contributed by atoms with Gasteiger partial charge in [-0.05, 0) is 0 Å². The number of Topliss-reactive ketones (excluding diaryl/α,β-unsaturated/α-hetero) is 4. The zero-order valence-corrected chi connectivity index (χ0v) is 24.1.